The number of carbonyl (C=O) groups excluding carboxylic acids is 1. The fourth-order valence-corrected chi connectivity index (χ4v) is 3.89. The summed E-state index contributed by atoms with van der Waals surface area (Å²) in [7, 11) is -3.21. The topological polar surface area (TPSA) is 57.7 Å². The Kier molecular flexibility index (Phi) is 5.29. The molecule has 1 amide bonds. The van der Waals surface area contributed by atoms with E-state index >= 15 is 0 Å². The molecule has 0 unspecified atom stereocenters. The van der Waals surface area contributed by atoms with Crippen LogP contribution in [0.2, 0.25) is 5.02 Å². The Labute approximate surface area is 138 Å². The summed E-state index contributed by atoms with van der Waals surface area (Å²) in [6.45, 7) is 1.66. The van der Waals surface area contributed by atoms with Crippen LogP contribution >= 0.6 is 27.5 Å². The van der Waals surface area contributed by atoms with E-state index in [0.29, 0.717) is 43.2 Å². The highest BCUT2D eigenvalue weighted by molar-refractivity contribution is 9.10. The first kappa shape index (κ1) is 16.7. The molecule has 0 N–H and O–H groups in total. The second-order valence-electron chi connectivity index (χ2n) is 4.93. The van der Waals surface area contributed by atoms with Gasteiger partial charge in [-0.3, -0.25) is 4.79 Å². The lowest BCUT2D eigenvalue weighted by Crippen LogP contribution is -2.37. The molecule has 0 atom stereocenters. The Balaban J connectivity index is 2.13. The zero-order valence-corrected chi connectivity index (χ0v) is 14.7. The summed E-state index contributed by atoms with van der Waals surface area (Å²) in [5.41, 5.74) is 0.438. The van der Waals surface area contributed by atoms with Crippen molar-refractivity contribution < 1.29 is 13.2 Å². The van der Waals surface area contributed by atoms with Gasteiger partial charge in [-0.25, -0.2) is 12.7 Å². The second-order valence-corrected chi connectivity index (χ2v) is 8.24. The van der Waals surface area contributed by atoms with Crippen molar-refractivity contribution in [2.75, 3.05) is 32.4 Å². The van der Waals surface area contributed by atoms with Crippen LogP contribution in [0.4, 0.5) is 0 Å². The van der Waals surface area contributed by atoms with Gasteiger partial charge in [0.2, 0.25) is 10.0 Å². The fraction of sp³-hybridized carbons (Fsp3) is 0.462. The third-order valence-electron chi connectivity index (χ3n) is 3.37. The van der Waals surface area contributed by atoms with Crippen LogP contribution in [-0.4, -0.2) is 56.0 Å². The summed E-state index contributed by atoms with van der Waals surface area (Å²) >= 11 is 9.40. The minimum absolute atomic E-state index is 0.164. The van der Waals surface area contributed by atoms with Crippen LogP contribution in [0.5, 0.6) is 0 Å². The third kappa shape index (κ3) is 4.18. The highest BCUT2D eigenvalue weighted by atomic mass is 79.9. The monoisotopic (exact) mass is 394 g/mol. The van der Waals surface area contributed by atoms with E-state index in [-0.39, 0.29) is 5.91 Å². The zero-order chi connectivity index (χ0) is 15.6. The lowest BCUT2D eigenvalue weighted by atomic mass is 10.2. The van der Waals surface area contributed by atoms with Crippen molar-refractivity contribution in [3.63, 3.8) is 0 Å². The van der Waals surface area contributed by atoms with Crippen molar-refractivity contribution in [2.45, 2.75) is 6.42 Å². The predicted octanol–water partition coefficient (Wildman–Crippen LogP) is 2.21. The zero-order valence-electron chi connectivity index (χ0n) is 11.6. The largest absolute Gasteiger partial charge is 0.337 e. The minimum Gasteiger partial charge on any atom is -0.337 e. The van der Waals surface area contributed by atoms with Gasteiger partial charge >= 0.3 is 0 Å². The van der Waals surface area contributed by atoms with Crippen molar-refractivity contribution in [2.24, 2.45) is 0 Å². The molecule has 1 aromatic carbocycles. The van der Waals surface area contributed by atoms with E-state index in [1.807, 2.05) is 0 Å². The Morgan fingerprint density at radius 2 is 1.95 bits per heavy atom. The molecule has 0 saturated carbocycles. The number of rotatable bonds is 2. The summed E-state index contributed by atoms with van der Waals surface area (Å²) in [5, 5.41) is 0.388. The van der Waals surface area contributed by atoms with Crippen LogP contribution in [-0.2, 0) is 10.0 Å². The summed E-state index contributed by atoms with van der Waals surface area (Å²) in [5.74, 6) is -0.164. The van der Waals surface area contributed by atoms with Crippen LogP contribution in [0.1, 0.15) is 16.8 Å². The predicted molar refractivity (Wildman–Crippen MR) is 86.1 cm³/mol. The minimum atomic E-state index is -3.21. The first-order chi connectivity index (χ1) is 9.79. The third-order valence-corrected chi connectivity index (χ3v) is 5.48. The molecule has 1 aromatic rings. The molecular weight excluding hydrogens is 380 g/mol. The van der Waals surface area contributed by atoms with Gasteiger partial charge in [-0.15, -0.1) is 0 Å². The van der Waals surface area contributed by atoms with Gasteiger partial charge in [-0.2, -0.15) is 0 Å². The molecule has 1 heterocycles. The summed E-state index contributed by atoms with van der Waals surface area (Å²) in [6.07, 6.45) is 1.81. The highest BCUT2D eigenvalue weighted by Gasteiger charge is 2.25. The number of hydrogen-bond acceptors (Lipinski definition) is 3. The van der Waals surface area contributed by atoms with Gasteiger partial charge in [-0.1, -0.05) is 27.5 Å². The molecule has 0 spiro atoms. The Hall–Kier alpha value is -0.630. The number of sulfonamides is 1. The van der Waals surface area contributed by atoms with E-state index in [1.54, 1.807) is 23.1 Å². The molecule has 0 aromatic heterocycles. The Morgan fingerprint density at radius 3 is 2.57 bits per heavy atom. The number of halogens is 2. The number of hydrogen-bond donors (Lipinski definition) is 0. The van der Waals surface area contributed by atoms with Crippen molar-refractivity contribution in [3.05, 3.63) is 33.3 Å². The van der Waals surface area contributed by atoms with E-state index in [9.17, 15) is 13.2 Å². The SMILES string of the molecule is CS(=O)(=O)N1CCCN(C(=O)c2ccc(Br)cc2Cl)CC1. The molecule has 0 radical (unpaired) electrons. The smallest absolute Gasteiger partial charge is 0.255 e. The van der Waals surface area contributed by atoms with Gasteiger partial charge in [0.25, 0.3) is 5.91 Å². The molecule has 1 aliphatic rings. The average Bonchev–Trinajstić information content (AvgIpc) is 2.63. The first-order valence-electron chi connectivity index (χ1n) is 6.48. The van der Waals surface area contributed by atoms with Crippen molar-refractivity contribution >= 4 is 43.5 Å². The summed E-state index contributed by atoms with van der Waals surface area (Å²) < 4.78 is 25.4. The van der Waals surface area contributed by atoms with E-state index in [0.717, 1.165) is 4.47 Å². The lowest BCUT2D eigenvalue weighted by Gasteiger charge is -2.21. The molecule has 2 rings (SSSR count). The molecule has 0 aliphatic carbocycles. The van der Waals surface area contributed by atoms with Gasteiger partial charge in [-0.05, 0) is 24.6 Å². The molecule has 116 valence electrons. The van der Waals surface area contributed by atoms with Gasteiger partial charge < -0.3 is 4.90 Å². The maximum Gasteiger partial charge on any atom is 0.255 e. The second kappa shape index (κ2) is 6.64. The molecule has 1 saturated heterocycles. The van der Waals surface area contributed by atoms with Crippen LogP contribution < -0.4 is 0 Å². The van der Waals surface area contributed by atoms with Gasteiger partial charge in [0.05, 0.1) is 16.8 Å². The number of nitrogens with zero attached hydrogens (tertiary/aromatic N) is 2. The van der Waals surface area contributed by atoms with Gasteiger partial charge in [0.1, 0.15) is 0 Å². The van der Waals surface area contributed by atoms with Gasteiger partial charge in [0, 0.05) is 30.7 Å². The van der Waals surface area contributed by atoms with Crippen LogP contribution in [0.15, 0.2) is 22.7 Å². The molecule has 8 heteroatoms. The summed E-state index contributed by atoms with van der Waals surface area (Å²) in [4.78, 5) is 14.2. The maximum atomic E-state index is 12.5. The first-order valence-corrected chi connectivity index (χ1v) is 9.50. The maximum absolute atomic E-state index is 12.5. The molecule has 1 fully saturated rings. The molecular formula is C13H16BrClN2O3S. The Bertz CT molecular complexity index is 651. The average molecular weight is 396 g/mol. The van der Waals surface area contributed by atoms with Crippen LogP contribution in [0.3, 0.4) is 0 Å². The molecule has 21 heavy (non-hydrogen) atoms. The normalized spacial score (nSPS) is 17.6. The van der Waals surface area contributed by atoms with Crippen LogP contribution in [0, 0.1) is 0 Å². The van der Waals surface area contributed by atoms with E-state index in [1.165, 1.54) is 10.6 Å². The van der Waals surface area contributed by atoms with Crippen molar-refractivity contribution in [1.82, 2.24) is 9.21 Å². The molecule has 1 aliphatic heterocycles. The highest BCUT2D eigenvalue weighted by Crippen LogP contribution is 2.23. The molecule has 5 nitrogen and oxygen atoms in total. The quantitative estimate of drug-likeness (QED) is 0.771. The Morgan fingerprint density at radius 1 is 1.24 bits per heavy atom. The number of amides is 1. The van der Waals surface area contributed by atoms with Crippen molar-refractivity contribution in [1.29, 1.82) is 0 Å². The van der Waals surface area contributed by atoms with E-state index in [2.05, 4.69) is 15.9 Å². The van der Waals surface area contributed by atoms with Crippen molar-refractivity contribution in [3.8, 4) is 0 Å². The van der Waals surface area contributed by atoms with Gasteiger partial charge in [0.15, 0.2) is 0 Å². The van der Waals surface area contributed by atoms with E-state index in [4.69, 9.17) is 11.6 Å². The van der Waals surface area contributed by atoms with E-state index < -0.39 is 10.0 Å². The number of benzene rings is 1. The summed E-state index contributed by atoms with van der Waals surface area (Å²) in [6, 6.07) is 5.11. The fourth-order valence-electron chi connectivity index (χ4n) is 2.26. The van der Waals surface area contributed by atoms with Crippen LogP contribution in [0.25, 0.3) is 0 Å². The molecule has 0 bridgehead atoms. The number of carbonyl (C=O) groups is 1. The standard InChI is InChI=1S/C13H16BrClN2O3S/c1-21(19,20)17-6-2-5-16(7-8-17)13(18)11-4-3-10(14)9-12(11)15/h3-4,9H,2,5-8H2,1H3. The lowest BCUT2D eigenvalue weighted by molar-refractivity contribution is 0.0764.